The van der Waals surface area contributed by atoms with E-state index in [0.29, 0.717) is 10.7 Å². The lowest BCUT2D eigenvalue weighted by molar-refractivity contribution is -0.116. The highest BCUT2D eigenvalue weighted by molar-refractivity contribution is 14.1. The summed E-state index contributed by atoms with van der Waals surface area (Å²) in [4.78, 5) is 15.5. The van der Waals surface area contributed by atoms with Crippen LogP contribution in [0.2, 0.25) is 5.02 Å². The molecular weight excluding hydrogens is 369 g/mol. The molecule has 3 N–H and O–H groups in total. The minimum Gasteiger partial charge on any atom is -0.367 e. The fourth-order valence-corrected chi connectivity index (χ4v) is 2.32. The molecule has 1 heterocycles. The van der Waals surface area contributed by atoms with E-state index in [0.717, 1.165) is 3.57 Å². The van der Waals surface area contributed by atoms with Gasteiger partial charge in [-0.05, 0) is 40.8 Å². The van der Waals surface area contributed by atoms with E-state index < -0.39 is 0 Å². The number of benzene rings is 1. The van der Waals surface area contributed by atoms with Crippen LogP contribution in [0.25, 0.3) is 0 Å². The number of carbonyl (C=O) groups excluding carboxylic acids is 1. The highest BCUT2D eigenvalue weighted by Gasteiger charge is 2.07. The van der Waals surface area contributed by atoms with Crippen LogP contribution in [0.4, 0.5) is 11.6 Å². The average molecular weight is 378 g/mol. The molecule has 0 saturated carbocycles. The summed E-state index contributed by atoms with van der Waals surface area (Å²) in [7, 11) is 0. The van der Waals surface area contributed by atoms with Crippen molar-refractivity contribution in [3.8, 4) is 0 Å². The fraction of sp³-hybridized carbons (Fsp3) is 0.100. The van der Waals surface area contributed by atoms with Crippen LogP contribution in [0, 0.1) is 3.57 Å². The molecule has 0 saturated heterocycles. The van der Waals surface area contributed by atoms with Gasteiger partial charge in [0.2, 0.25) is 11.9 Å². The number of rotatable bonds is 3. The van der Waals surface area contributed by atoms with E-state index in [2.05, 4.69) is 38.0 Å². The number of anilines is 2. The molecule has 0 bridgehead atoms. The maximum atomic E-state index is 11.8. The molecule has 0 aliphatic rings. The summed E-state index contributed by atoms with van der Waals surface area (Å²) in [6.07, 6.45) is 1.40. The van der Waals surface area contributed by atoms with Gasteiger partial charge in [0.25, 0.3) is 0 Å². The Morgan fingerprint density at radius 3 is 2.94 bits per heavy atom. The van der Waals surface area contributed by atoms with E-state index in [-0.39, 0.29) is 18.4 Å². The Hall–Kier alpha value is -1.35. The number of nitrogens with one attached hydrogen (secondary N) is 1. The lowest BCUT2D eigenvalue weighted by Crippen LogP contribution is -2.19. The molecule has 94 valence electrons. The van der Waals surface area contributed by atoms with Crippen molar-refractivity contribution in [1.82, 2.24) is 14.8 Å². The topological polar surface area (TPSA) is 85.8 Å². The minimum absolute atomic E-state index is 0.0584. The van der Waals surface area contributed by atoms with Gasteiger partial charge in [0.15, 0.2) is 0 Å². The third-order valence-corrected chi connectivity index (χ3v) is 3.19. The molecule has 0 atom stereocenters. The standard InChI is InChI=1S/C10H9ClIN5O/c11-6-1-2-8(7(12)3-6)15-9(18)4-17-5-14-10(13)16-17/h1-3,5H,4H2,(H2,13,16)(H,15,18). The summed E-state index contributed by atoms with van der Waals surface area (Å²) in [6.45, 7) is 0.0584. The molecule has 18 heavy (non-hydrogen) atoms. The molecule has 0 aliphatic carbocycles. The van der Waals surface area contributed by atoms with E-state index in [1.807, 2.05) is 0 Å². The first kappa shape index (κ1) is 13.1. The van der Waals surface area contributed by atoms with Crippen molar-refractivity contribution >= 4 is 51.7 Å². The van der Waals surface area contributed by atoms with Gasteiger partial charge in [-0.2, -0.15) is 0 Å². The summed E-state index contributed by atoms with van der Waals surface area (Å²) in [6, 6.07) is 5.23. The lowest BCUT2D eigenvalue weighted by atomic mass is 10.3. The quantitative estimate of drug-likeness (QED) is 0.798. The first-order valence-corrected chi connectivity index (χ1v) is 6.40. The zero-order valence-electron chi connectivity index (χ0n) is 9.10. The molecule has 8 heteroatoms. The molecule has 1 aromatic carbocycles. The van der Waals surface area contributed by atoms with Crippen molar-refractivity contribution in [2.24, 2.45) is 0 Å². The molecule has 0 unspecified atom stereocenters. The molecule has 1 amide bonds. The highest BCUT2D eigenvalue weighted by atomic mass is 127. The van der Waals surface area contributed by atoms with Crippen molar-refractivity contribution in [1.29, 1.82) is 0 Å². The maximum absolute atomic E-state index is 11.8. The minimum atomic E-state index is -0.208. The van der Waals surface area contributed by atoms with E-state index in [4.69, 9.17) is 17.3 Å². The van der Waals surface area contributed by atoms with Crippen LogP contribution in [0.15, 0.2) is 24.5 Å². The van der Waals surface area contributed by atoms with Gasteiger partial charge in [0, 0.05) is 8.59 Å². The van der Waals surface area contributed by atoms with Crippen LogP contribution in [-0.2, 0) is 11.3 Å². The second kappa shape index (κ2) is 5.53. The monoisotopic (exact) mass is 377 g/mol. The Morgan fingerprint density at radius 2 is 2.33 bits per heavy atom. The summed E-state index contributed by atoms with van der Waals surface area (Å²) in [5.74, 6) is -0.0657. The Bertz CT molecular complexity index is 585. The number of nitrogens with zero attached hydrogens (tertiary/aromatic N) is 3. The Morgan fingerprint density at radius 1 is 1.56 bits per heavy atom. The van der Waals surface area contributed by atoms with Crippen LogP contribution in [-0.4, -0.2) is 20.7 Å². The number of hydrogen-bond acceptors (Lipinski definition) is 4. The molecule has 0 spiro atoms. The van der Waals surface area contributed by atoms with E-state index in [1.165, 1.54) is 11.0 Å². The first-order valence-electron chi connectivity index (χ1n) is 4.94. The van der Waals surface area contributed by atoms with Gasteiger partial charge in [-0.1, -0.05) is 11.6 Å². The number of amides is 1. The second-order valence-electron chi connectivity index (χ2n) is 3.47. The van der Waals surface area contributed by atoms with E-state index >= 15 is 0 Å². The molecule has 2 aromatic rings. The van der Waals surface area contributed by atoms with Crippen LogP contribution >= 0.6 is 34.2 Å². The lowest BCUT2D eigenvalue weighted by Gasteiger charge is -2.07. The normalized spacial score (nSPS) is 10.3. The third kappa shape index (κ3) is 3.33. The largest absolute Gasteiger partial charge is 0.367 e. The molecule has 0 aliphatic heterocycles. The van der Waals surface area contributed by atoms with Crippen molar-refractivity contribution < 1.29 is 4.79 Å². The summed E-state index contributed by atoms with van der Waals surface area (Å²) in [5, 5.41) is 7.22. The number of aromatic nitrogens is 3. The average Bonchev–Trinajstić information content (AvgIpc) is 2.68. The van der Waals surface area contributed by atoms with Gasteiger partial charge in [-0.15, -0.1) is 5.10 Å². The summed E-state index contributed by atoms with van der Waals surface area (Å²) < 4.78 is 2.24. The van der Waals surface area contributed by atoms with Crippen molar-refractivity contribution in [3.05, 3.63) is 33.1 Å². The number of nitrogens with two attached hydrogens (primary N) is 1. The second-order valence-corrected chi connectivity index (χ2v) is 5.07. The van der Waals surface area contributed by atoms with Crippen molar-refractivity contribution in [2.45, 2.75) is 6.54 Å². The molecule has 2 rings (SSSR count). The van der Waals surface area contributed by atoms with E-state index in [1.54, 1.807) is 18.2 Å². The van der Waals surface area contributed by atoms with Crippen molar-refractivity contribution in [2.75, 3.05) is 11.1 Å². The van der Waals surface area contributed by atoms with Gasteiger partial charge in [-0.3, -0.25) is 4.79 Å². The Labute approximate surface area is 122 Å². The molecule has 0 fully saturated rings. The van der Waals surface area contributed by atoms with Gasteiger partial charge in [0.1, 0.15) is 12.9 Å². The van der Waals surface area contributed by atoms with Crippen LogP contribution in [0.1, 0.15) is 0 Å². The molecule has 6 nitrogen and oxygen atoms in total. The molecular formula is C10H9ClIN5O. The van der Waals surface area contributed by atoms with Crippen LogP contribution < -0.4 is 11.1 Å². The fourth-order valence-electron chi connectivity index (χ4n) is 1.31. The predicted molar refractivity (Wildman–Crippen MR) is 77.2 cm³/mol. The van der Waals surface area contributed by atoms with Crippen molar-refractivity contribution in [3.63, 3.8) is 0 Å². The third-order valence-electron chi connectivity index (χ3n) is 2.07. The number of carbonyl (C=O) groups is 1. The highest BCUT2D eigenvalue weighted by Crippen LogP contribution is 2.22. The summed E-state index contributed by atoms with van der Waals surface area (Å²) >= 11 is 7.93. The number of hydrogen-bond donors (Lipinski definition) is 2. The molecule has 0 radical (unpaired) electrons. The predicted octanol–water partition coefficient (Wildman–Crippen LogP) is 1.76. The zero-order chi connectivity index (χ0) is 13.1. The van der Waals surface area contributed by atoms with Crippen LogP contribution in [0.3, 0.4) is 0 Å². The number of nitrogen functional groups attached to an aromatic ring is 1. The smallest absolute Gasteiger partial charge is 0.246 e. The Balaban J connectivity index is 2.03. The zero-order valence-corrected chi connectivity index (χ0v) is 12.0. The van der Waals surface area contributed by atoms with Crippen LogP contribution in [0.5, 0.6) is 0 Å². The van der Waals surface area contributed by atoms with Gasteiger partial charge < -0.3 is 11.1 Å². The Kier molecular flexibility index (Phi) is 4.02. The maximum Gasteiger partial charge on any atom is 0.246 e. The first-order chi connectivity index (χ1) is 8.54. The van der Waals surface area contributed by atoms with Gasteiger partial charge in [0.05, 0.1) is 5.69 Å². The van der Waals surface area contributed by atoms with Gasteiger partial charge >= 0.3 is 0 Å². The SMILES string of the molecule is Nc1ncn(CC(=O)Nc2ccc(Cl)cc2I)n1. The summed E-state index contributed by atoms with van der Waals surface area (Å²) in [5.41, 5.74) is 6.06. The van der Waals surface area contributed by atoms with E-state index in [9.17, 15) is 4.79 Å². The molecule has 1 aromatic heterocycles. The van der Waals surface area contributed by atoms with Gasteiger partial charge in [-0.25, -0.2) is 9.67 Å². The number of halogens is 2.